The van der Waals surface area contributed by atoms with Crippen LogP contribution in [0.25, 0.3) is 0 Å². The summed E-state index contributed by atoms with van der Waals surface area (Å²) in [4.78, 5) is 15.7. The van der Waals surface area contributed by atoms with Gasteiger partial charge >= 0.3 is 5.97 Å². The average Bonchev–Trinajstić information content (AvgIpc) is 3.00. The van der Waals surface area contributed by atoms with E-state index in [0.29, 0.717) is 5.56 Å². The van der Waals surface area contributed by atoms with Gasteiger partial charge in [0.15, 0.2) is 5.60 Å². The zero-order chi connectivity index (χ0) is 14.9. The van der Waals surface area contributed by atoms with Gasteiger partial charge in [0.1, 0.15) is 0 Å². The summed E-state index contributed by atoms with van der Waals surface area (Å²) in [6.45, 7) is 0.882. The molecule has 1 aliphatic heterocycles. The number of ether oxygens (including phenoxy) is 1. The van der Waals surface area contributed by atoms with Gasteiger partial charge in [-0.15, -0.1) is 23.7 Å². The van der Waals surface area contributed by atoms with Crippen molar-refractivity contribution in [1.29, 1.82) is 0 Å². The van der Waals surface area contributed by atoms with Gasteiger partial charge in [0.05, 0.1) is 5.56 Å². The van der Waals surface area contributed by atoms with Crippen molar-refractivity contribution in [3.8, 4) is 0 Å². The smallest absolute Gasteiger partial charge is 0.339 e. The molecular weight excluding hydrogens is 318 g/mol. The molecule has 0 N–H and O–H groups in total. The van der Waals surface area contributed by atoms with Crippen LogP contribution in [0.2, 0.25) is 0 Å². The maximum absolute atomic E-state index is 12.4. The van der Waals surface area contributed by atoms with E-state index in [-0.39, 0.29) is 18.4 Å². The number of thiophene rings is 1. The van der Waals surface area contributed by atoms with Crippen LogP contribution in [-0.4, -0.2) is 31.5 Å². The van der Waals surface area contributed by atoms with Gasteiger partial charge < -0.3 is 9.64 Å². The Bertz CT molecular complexity index is 642. The molecule has 22 heavy (non-hydrogen) atoms. The van der Waals surface area contributed by atoms with Gasteiger partial charge in [0.2, 0.25) is 0 Å². The Morgan fingerprint density at radius 2 is 2.00 bits per heavy atom. The number of rotatable bonds is 4. The highest BCUT2D eigenvalue weighted by atomic mass is 35.5. The summed E-state index contributed by atoms with van der Waals surface area (Å²) in [6.07, 6.45) is 1.56. The highest BCUT2D eigenvalue weighted by Crippen LogP contribution is 2.41. The quantitative estimate of drug-likeness (QED) is 0.796. The first-order valence-corrected chi connectivity index (χ1v) is 7.99. The van der Waals surface area contributed by atoms with E-state index >= 15 is 0 Å². The third-order valence-corrected chi connectivity index (χ3v) is 4.99. The van der Waals surface area contributed by atoms with Crippen molar-refractivity contribution in [3.63, 3.8) is 0 Å². The Kier molecular flexibility index (Phi) is 5.27. The summed E-state index contributed by atoms with van der Waals surface area (Å²) in [7, 11) is 4.08. The lowest BCUT2D eigenvalue weighted by atomic mass is 9.85. The Labute approximate surface area is 141 Å². The van der Waals surface area contributed by atoms with Gasteiger partial charge in [-0.2, -0.15) is 0 Å². The molecule has 0 radical (unpaired) electrons. The molecule has 0 fully saturated rings. The van der Waals surface area contributed by atoms with E-state index in [1.54, 1.807) is 11.3 Å². The Balaban J connectivity index is 0.00000176. The summed E-state index contributed by atoms with van der Waals surface area (Å²) in [5.74, 6) is -0.205. The van der Waals surface area contributed by atoms with Crippen molar-refractivity contribution in [2.45, 2.75) is 18.4 Å². The molecule has 118 valence electrons. The lowest BCUT2D eigenvalue weighted by Crippen LogP contribution is -2.40. The van der Waals surface area contributed by atoms with E-state index in [1.165, 1.54) is 0 Å². The number of fused-ring (bicyclic) bond motifs is 1. The normalized spacial score (nSPS) is 20.2. The summed E-state index contributed by atoms with van der Waals surface area (Å²) < 4.78 is 5.94. The minimum absolute atomic E-state index is 0. The van der Waals surface area contributed by atoms with Crippen molar-refractivity contribution in [1.82, 2.24) is 4.90 Å². The summed E-state index contributed by atoms with van der Waals surface area (Å²) >= 11 is 1.66. The number of hydrogen-bond acceptors (Lipinski definition) is 4. The van der Waals surface area contributed by atoms with E-state index in [0.717, 1.165) is 29.8 Å². The third kappa shape index (κ3) is 3.19. The number of benzene rings is 1. The highest BCUT2D eigenvalue weighted by Gasteiger charge is 2.42. The Morgan fingerprint density at radius 3 is 2.68 bits per heavy atom. The van der Waals surface area contributed by atoms with Crippen LogP contribution in [-0.2, 0) is 16.8 Å². The van der Waals surface area contributed by atoms with Crippen molar-refractivity contribution < 1.29 is 9.53 Å². The molecule has 0 saturated carbocycles. The molecule has 2 heterocycles. The lowest BCUT2D eigenvalue weighted by Gasteiger charge is -2.37. The second-order valence-electron chi connectivity index (χ2n) is 5.75. The average molecular weight is 338 g/mol. The number of hydrogen-bond donors (Lipinski definition) is 0. The first-order chi connectivity index (χ1) is 10.1. The molecule has 1 aromatic heterocycles. The molecule has 0 spiro atoms. The maximum atomic E-state index is 12.4. The predicted octanol–water partition coefficient (Wildman–Crippen LogP) is 3.73. The second kappa shape index (κ2) is 6.82. The maximum Gasteiger partial charge on any atom is 0.339 e. The van der Waals surface area contributed by atoms with Gasteiger partial charge in [-0.05, 0) is 37.2 Å². The summed E-state index contributed by atoms with van der Waals surface area (Å²) in [6, 6.07) is 11.9. The van der Waals surface area contributed by atoms with Gasteiger partial charge in [-0.25, -0.2) is 4.79 Å². The molecule has 0 aliphatic carbocycles. The second-order valence-corrected chi connectivity index (χ2v) is 6.70. The van der Waals surface area contributed by atoms with E-state index in [9.17, 15) is 4.79 Å². The number of esters is 1. The molecule has 1 aliphatic rings. The van der Waals surface area contributed by atoms with Crippen LogP contribution in [0.3, 0.4) is 0 Å². The van der Waals surface area contributed by atoms with Crippen LogP contribution in [0.15, 0.2) is 41.8 Å². The lowest BCUT2D eigenvalue weighted by molar-refractivity contribution is -0.0335. The minimum Gasteiger partial charge on any atom is -0.449 e. The molecule has 0 bridgehead atoms. The number of nitrogens with zero attached hydrogens (tertiary/aromatic N) is 1. The highest BCUT2D eigenvalue weighted by molar-refractivity contribution is 7.10. The predicted molar refractivity (Wildman–Crippen MR) is 92.0 cm³/mol. The first kappa shape index (κ1) is 17.0. The monoisotopic (exact) mass is 337 g/mol. The summed E-state index contributed by atoms with van der Waals surface area (Å²) in [5, 5.41) is 2.04. The first-order valence-electron chi connectivity index (χ1n) is 7.11. The van der Waals surface area contributed by atoms with Crippen LogP contribution >= 0.6 is 23.7 Å². The van der Waals surface area contributed by atoms with Crippen LogP contribution < -0.4 is 0 Å². The van der Waals surface area contributed by atoms with Crippen LogP contribution in [0.5, 0.6) is 0 Å². The molecule has 3 nitrogen and oxygen atoms in total. The zero-order valence-electron chi connectivity index (χ0n) is 12.7. The third-order valence-electron chi connectivity index (χ3n) is 3.93. The fourth-order valence-corrected chi connectivity index (χ4v) is 3.68. The molecule has 1 aromatic carbocycles. The van der Waals surface area contributed by atoms with Crippen molar-refractivity contribution in [2.24, 2.45) is 0 Å². The SMILES string of the molecule is CN(C)CCC1(c2cccs2)Cc2ccccc2C(=O)O1.Cl. The standard InChI is InChI=1S/C17H19NO2S.ClH/c1-18(2)10-9-17(15-8-5-11-21-15)12-13-6-3-4-7-14(13)16(19)20-17;/h3-8,11H,9-10,12H2,1-2H3;1H. The summed E-state index contributed by atoms with van der Waals surface area (Å²) in [5.41, 5.74) is 1.26. The molecule has 5 heteroatoms. The van der Waals surface area contributed by atoms with E-state index in [2.05, 4.69) is 11.0 Å². The van der Waals surface area contributed by atoms with E-state index < -0.39 is 5.60 Å². The van der Waals surface area contributed by atoms with Gasteiger partial charge in [0.25, 0.3) is 0 Å². The number of cyclic esters (lactones) is 1. The van der Waals surface area contributed by atoms with Gasteiger partial charge in [-0.3, -0.25) is 0 Å². The molecule has 2 aromatic rings. The van der Waals surface area contributed by atoms with E-state index in [1.807, 2.05) is 49.8 Å². The fraction of sp³-hybridized carbons (Fsp3) is 0.353. The molecule has 1 unspecified atom stereocenters. The Morgan fingerprint density at radius 1 is 1.23 bits per heavy atom. The zero-order valence-corrected chi connectivity index (χ0v) is 14.4. The molecule has 1 atom stereocenters. The van der Waals surface area contributed by atoms with E-state index in [4.69, 9.17) is 4.74 Å². The van der Waals surface area contributed by atoms with Crippen molar-refractivity contribution in [2.75, 3.05) is 20.6 Å². The number of carbonyl (C=O) groups is 1. The van der Waals surface area contributed by atoms with Crippen LogP contribution in [0.4, 0.5) is 0 Å². The molecule has 3 rings (SSSR count). The molecular formula is C17H20ClNO2S. The molecule has 0 saturated heterocycles. The minimum atomic E-state index is -0.524. The Hall–Kier alpha value is -1.36. The number of carbonyl (C=O) groups excluding carboxylic acids is 1. The topological polar surface area (TPSA) is 29.5 Å². The van der Waals surface area contributed by atoms with Crippen molar-refractivity contribution >= 4 is 29.7 Å². The van der Waals surface area contributed by atoms with Crippen LogP contribution in [0, 0.1) is 0 Å². The van der Waals surface area contributed by atoms with Gasteiger partial charge in [0, 0.05) is 24.3 Å². The van der Waals surface area contributed by atoms with Crippen LogP contribution in [0.1, 0.15) is 27.2 Å². The fourth-order valence-electron chi connectivity index (χ4n) is 2.79. The largest absolute Gasteiger partial charge is 0.449 e. The van der Waals surface area contributed by atoms with Gasteiger partial charge in [-0.1, -0.05) is 24.3 Å². The number of halogens is 1. The molecule has 0 amide bonds. The van der Waals surface area contributed by atoms with Crippen molar-refractivity contribution in [3.05, 3.63) is 57.8 Å².